The average Bonchev–Trinajstić information content (AvgIpc) is 3.30. The van der Waals surface area contributed by atoms with Gasteiger partial charge in [0.05, 0.1) is 17.8 Å². The van der Waals surface area contributed by atoms with Crippen molar-refractivity contribution in [2.75, 3.05) is 18.4 Å². The lowest BCUT2D eigenvalue weighted by molar-refractivity contribution is -0.119. The van der Waals surface area contributed by atoms with E-state index in [1.807, 2.05) is 22.9 Å². The van der Waals surface area contributed by atoms with Gasteiger partial charge in [0.2, 0.25) is 5.91 Å². The Morgan fingerprint density at radius 2 is 2.24 bits per heavy atom. The molecule has 8 nitrogen and oxygen atoms in total. The monoisotopic (exact) mass is 333 g/mol. The van der Waals surface area contributed by atoms with E-state index in [1.54, 1.807) is 29.6 Å². The van der Waals surface area contributed by atoms with Crippen molar-refractivity contribution in [2.45, 2.75) is 6.42 Å². The van der Waals surface area contributed by atoms with Crippen LogP contribution >= 0.6 is 0 Å². The van der Waals surface area contributed by atoms with E-state index in [4.69, 9.17) is 5.26 Å². The van der Waals surface area contributed by atoms with Crippen LogP contribution in [0, 0.1) is 17.4 Å². The number of carbonyl (C=O) groups excluding carboxylic acids is 1. The maximum atomic E-state index is 12.3. The normalized spacial score (nSPS) is 16.8. The van der Waals surface area contributed by atoms with Crippen molar-refractivity contribution < 1.29 is 4.79 Å². The molecule has 124 valence electrons. The summed E-state index contributed by atoms with van der Waals surface area (Å²) in [6.45, 7) is 1.08. The van der Waals surface area contributed by atoms with Gasteiger partial charge in [-0.05, 0) is 18.6 Å². The molecule has 3 aromatic heterocycles. The first-order chi connectivity index (χ1) is 12.2. The molecular formula is C17H15N7O. The Balaban J connectivity index is 1.53. The topological polar surface area (TPSA) is 99.2 Å². The Kier molecular flexibility index (Phi) is 3.74. The highest BCUT2D eigenvalue weighted by Crippen LogP contribution is 2.21. The standard InChI is InChI=1S/C17H15N7O/c18-11-23-5-2-13(9-23)17(25)22-15-7-12(1-3-19-15)14-10-24-6-4-20-16(24)8-21-14/h1,3-4,6-8,10,13H,2,5,9H2,(H,19,22,25). The second-order valence-electron chi connectivity index (χ2n) is 5.92. The first kappa shape index (κ1) is 15.1. The van der Waals surface area contributed by atoms with Crippen LogP contribution in [0.1, 0.15) is 6.42 Å². The van der Waals surface area contributed by atoms with Crippen LogP contribution in [0.25, 0.3) is 16.9 Å². The lowest BCUT2D eigenvalue weighted by atomic mass is 10.1. The molecule has 8 heteroatoms. The molecule has 1 unspecified atom stereocenters. The fourth-order valence-corrected chi connectivity index (χ4v) is 2.93. The second kappa shape index (κ2) is 6.20. The summed E-state index contributed by atoms with van der Waals surface area (Å²) >= 11 is 0. The van der Waals surface area contributed by atoms with Gasteiger partial charge < -0.3 is 14.6 Å². The number of nitriles is 1. The van der Waals surface area contributed by atoms with Crippen LogP contribution in [0.4, 0.5) is 5.82 Å². The van der Waals surface area contributed by atoms with E-state index in [0.29, 0.717) is 25.3 Å². The van der Waals surface area contributed by atoms with E-state index < -0.39 is 0 Å². The minimum atomic E-state index is -0.189. The van der Waals surface area contributed by atoms with E-state index >= 15 is 0 Å². The smallest absolute Gasteiger partial charge is 0.230 e. The van der Waals surface area contributed by atoms with Crippen LogP contribution in [0.3, 0.4) is 0 Å². The van der Waals surface area contributed by atoms with Crippen molar-refractivity contribution in [3.63, 3.8) is 0 Å². The van der Waals surface area contributed by atoms with E-state index in [0.717, 1.165) is 16.9 Å². The Morgan fingerprint density at radius 1 is 1.32 bits per heavy atom. The number of amides is 1. The molecule has 0 aliphatic carbocycles. The summed E-state index contributed by atoms with van der Waals surface area (Å²) in [6, 6.07) is 3.63. The molecule has 25 heavy (non-hydrogen) atoms. The van der Waals surface area contributed by atoms with E-state index in [-0.39, 0.29) is 11.8 Å². The molecule has 1 saturated heterocycles. The van der Waals surface area contributed by atoms with Gasteiger partial charge in [-0.2, -0.15) is 5.26 Å². The van der Waals surface area contributed by atoms with Crippen LogP contribution in [0.5, 0.6) is 0 Å². The van der Waals surface area contributed by atoms with Gasteiger partial charge >= 0.3 is 0 Å². The Hall–Kier alpha value is -3.47. The predicted molar refractivity (Wildman–Crippen MR) is 90.1 cm³/mol. The van der Waals surface area contributed by atoms with E-state index in [1.165, 1.54) is 0 Å². The molecule has 1 fully saturated rings. The molecule has 1 amide bonds. The zero-order valence-electron chi connectivity index (χ0n) is 13.3. The van der Waals surface area contributed by atoms with Crippen molar-refractivity contribution in [2.24, 2.45) is 5.92 Å². The number of hydrogen-bond acceptors (Lipinski definition) is 6. The lowest BCUT2D eigenvalue weighted by Gasteiger charge is -2.11. The zero-order chi connectivity index (χ0) is 17.2. The summed E-state index contributed by atoms with van der Waals surface area (Å²) < 4.78 is 1.88. The third kappa shape index (κ3) is 2.99. The Bertz CT molecular complexity index is 974. The van der Waals surface area contributed by atoms with E-state index in [9.17, 15) is 4.79 Å². The van der Waals surface area contributed by atoms with Crippen molar-refractivity contribution in [1.29, 1.82) is 5.26 Å². The number of likely N-dealkylation sites (tertiary alicyclic amines) is 1. The number of nitrogens with zero attached hydrogens (tertiary/aromatic N) is 6. The number of fused-ring (bicyclic) bond motifs is 1. The van der Waals surface area contributed by atoms with Crippen molar-refractivity contribution in [3.8, 4) is 17.5 Å². The maximum Gasteiger partial charge on any atom is 0.230 e. The highest BCUT2D eigenvalue weighted by molar-refractivity contribution is 5.92. The summed E-state index contributed by atoms with van der Waals surface area (Å²) in [5.41, 5.74) is 2.39. The van der Waals surface area contributed by atoms with Crippen LogP contribution in [-0.2, 0) is 4.79 Å². The van der Waals surface area contributed by atoms with Gasteiger partial charge in [-0.3, -0.25) is 9.78 Å². The number of imidazole rings is 1. The van der Waals surface area contributed by atoms with Gasteiger partial charge in [0, 0.05) is 43.4 Å². The lowest BCUT2D eigenvalue weighted by Crippen LogP contribution is -2.25. The first-order valence-electron chi connectivity index (χ1n) is 7.93. The number of aromatic nitrogens is 4. The fraction of sp³-hybridized carbons (Fsp3) is 0.235. The van der Waals surface area contributed by atoms with E-state index in [2.05, 4.69) is 26.5 Å². The SMILES string of the molecule is N#CN1CCC(C(=O)Nc2cc(-c3cn4ccnc4cn3)ccn2)C1. The number of nitrogens with one attached hydrogen (secondary N) is 1. The van der Waals surface area contributed by atoms with Crippen molar-refractivity contribution in [3.05, 3.63) is 43.1 Å². The molecule has 3 aromatic rings. The molecule has 0 radical (unpaired) electrons. The van der Waals surface area contributed by atoms with Crippen LogP contribution in [0.15, 0.2) is 43.1 Å². The number of carbonyl (C=O) groups is 1. The molecule has 1 aliphatic heterocycles. The number of hydrogen-bond donors (Lipinski definition) is 1. The third-order valence-corrected chi connectivity index (χ3v) is 4.29. The quantitative estimate of drug-likeness (QED) is 0.730. The molecule has 4 heterocycles. The van der Waals surface area contributed by atoms with Gasteiger partial charge in [0.25, 0.3) is 0 Å². The third-order valence-electron chi connectivity index (χ3n) is 4.29. The summed E-state index contributed by atoms with van der Waals surface area (Å²) in [5.74, 6) is 0.177. The summed E-state index contributed by atoms with van der Waals surface area (Å²) in [5, 5.41) is 11.7. The van der Waals surface area contributed by atoms with Gasteiger partial charge in [0.15, 0.2) is 11.8 Å². The molecular weight excluding hydrogens is 318 g/mol. The van der Waals surface area contributed by atoms with Crippen LogP contribution in [0.2, 0.25) is 0 Å². The number of anilines is 1. The highest BCUT2D eigenvalue weighted by Gasteiger charge is 2.28. The molecule has 1 aliphatic rings. The minimum Gasteiger partial charge on any atom is -0.310 e. The van der Waals surface area contributed by atoms with Gasteiger partial charge in [-0.25, -0.2) is 9.97 Å². The maximum absolute atomic E-state index is 12.3. The number of pyridine rings is 1. The molecule has 0 saturated carbocycles. The summed E-state index contributed by atoms with van der Waals surface area (Å²) in [4.78, 5) is 26.7. The average molecular weight is 333 g/mol. The molecule has 4 rings (SSSR count). The van der Waals surface area contributed by atoms with Gasteiger partial charge in [0.1, 0.15) is 5.82 Å². The van der Waals surface area contributed by atoms with Crippen LogP contribution < -0.4 is 5.32 Å². The molecule has 0 bridgehead atoms. The molecule has 1 N–H and O–H groups in total. The minimum absolute atomic E-state index is 0.111. The number of rotatable bonds is 3. The largest absolute Gasteiger partial charge is 0.310 e. The summed E-state index contributed by atoms with van der Waals surface area (Å²) in [7, 11) is 0. The fourth-order valence-electron chi connectivity index (χ4n) is 2.93. The van der Waals surface area contributed by atoms with Crippen molar-refractivity contribution in [1.82, 2.24) is 24.3 Å². The van der Waals surface area contributed by atoms with Crippen molar-refractivity contribution >= 4 is 17.4 Å². The second-order valence-corrected chi connectivity index (χ2v) is 5.92. The van der Waals surface area contributed by atoms with Gasteiger partial charge in [-0.15, -0.1) is 0 Å². The molecule has 0 aromatic carbocycles. The predicted octanol–water partition coefficient (Wildman–Crippen LogP) is 1.53. The summed E-state index contributed by atoms with van der Waals surface area (Å²) in [6.07, 6.45) is 11.5. The molecule has 1 atom stereocenters. The van der Waals surface area contributed by atoms with Gasteiger partial charge in [-0.1, -0.05) is 0 Å². The van der Waals surface area contributed by atoms with Crippen LogP contribution in [-0.4, -0.2) is 43.2 Å². The Labute approximate surface area is 143 Å². The Morgan fingerprint density at radius 3 is 3.08 bits per heavy atom. The highest BCUT2D eigenvalue weighted by atomic mass is 16.2. The molecule has 0 spiro atoms. The first-order valence-corrected chi connectivity index (χ1v) is 7.93. The zero-order valence-corrected chi connectivity index (χ0v) is 13.3.